The second-order valence-electron chi connectivity index (χ2n) is 6.58. The average Bonchev–Trinajstić information content (AvgIpc) is 2.98. The lowest BCUT2D eigenvalue weighted by molar-refractivity contribution is 0.00578. The smallest absolute Gasteiger partial charge is 0.454 e. The van der Waals surface area contributed by atoms with Gasteiger partial charge >= 0.3 is 7.12 Å². The van der Waals surface area contributed by atoms with E-state index in [0.29, 0.717) is 11.2 Å². The van der Waals surface area contributed by atoms with Gasteiger partial charge in [-0.1, -0.05) is 12.1 Å². The number of aliphatic hydroxyl groups is 1. The molecule has 1 aromatic carbocycles. The molecule has 6 heteroatoms. The van der Waals surface area contributed by atoms with Crippen molar-refractivity contribution in [1.29, 1.82) is 0 Å². The lowest BCUT2D eigenvalue weighted by Crippen LogP contribution is -2.41. The second-order valence-corrected chi connectivity index (χ2v) is 6.58. The van der Waals surface area contributed by atoms with Gasteiger partial charge in [-0.3, -0.25) is 0 Å². The summed E-state index contributed by atoms with van der Waals surface area (Å²) in [6, 6.07) is 5.64. The molecule has 2 heterocycles. The molecule has 0 bridgehead atoms. The second kappa shape index (κ2) is 5.30. The number of aliphatic hydroxyl groups excluding tert-OH is 1. The number of fused-ring (bicyclic) bond motifs is 1. The molecule has 0 radical (unpaired) electrons. The van der Waals surface area contributed by atoms with Gasteiger partial charge in [-0.2, -0.15) is 0 Å². The molecule has 0 atom stereocenters. The molecule has 0 unspecified atom stereocenters. The molecular formula is C16H21BO5. The fourth-order valence-electron chi connectivity index (χ4n) is 2.40. The molecule has 0 saturated carbocycles. The van der Waals surface area contributed by atoms with Gasteiger partial charge in [0.2, 0.25) is 6.79 Å². The van der Waals surface area contributed by atoms with Gasteiger partial charge in [0.1, 0.15) is 0 Å². The van der Waals surface area contributed by atoms with Crippen LogP contribution in [0.25, 0.3) is 6.08 Å². The molecule has 0 aromatic heterocycles. The van der Waals surface area contributed by atoms with Gasteiger partial charge in [0, 0.05) is 0 Å². The lowest BCUT2D eigenvalue weighted by atomic mass is 9.77. The van der Waals surface area contributed by atoms with Crippen molar-refractivity contribution in [3.05, 3.63) is 29.2 Å². The van der Waals surface area contributed by atoms with Crippen molar-refractivity contribution >= 4 is 13.2 Å². The average molecular weight is 304 g/mol. The maximum Gasteiger partial charge on any atom is 0.492 e. The molecule has 1 saturated heterocycles. The Morgan fingerprint density at radius 2 is 1.77 bits per heavy atom. The molecule has 2 aliphatic rings. The zero-order valence-corrected chi connectivity index (χ0v) is 13.4. The Balaban J connectivity index is 1.86. The van der Waals surface area contributed by atoms with Crippen LogP contribution < -0.4 is 9.47 Å². The quantitative estimate of drug-likeness (QED) is 0.869. The van der Waals surface area contributed by atoms with Crippen molar-refractivity contribution in [2.75, 3.05) is 13.4 Å². The highest BCUT2D eigenvalue weighted by molar-refractivity contribution is 6.55. The third-order valence-corrected chi connectivity index (χ3v) is 4.49. The van der Waals surface area contributed by atoms with E-state index in [2.05, 4.69) is 0 Å². The first-order valence-corrected chi connectivity index (χ1v) is 7.39. The van der Waals surface area contributed by atoms with Crippen molar-refractivity contribution in [2.45, 2.75) is 38.9 Å². The van der Waals surface area contributed by atoms with Crippen molar-refractivity contribution in [1.82, 2.24) is 0 Å². The third kappa shape index (κ3) is 2.62. The number of hydrogen-bond acceptors (Lipinski definition) is 5. The largest absolute Gasteiger partial charge is 0.492 e. The van der Waals surface area contributed by atoms with E-state index < -0.39 is 18.3 Å². The van der Waals surface area contributed by atoms with Gasteiger partial charge in [0.25, 0.3) is 0 Å². The molecule has 2 aliphatic heterocycles. The van der Waals surface area contributed by atoms with Crippen LogP contribution in [0.15, 0.2) is 23.7 Å². The Morgan fingerprint density at radius 3 is 2.41 bits per heavy atom. The fraction of sp³-hybridized carbons (Fsp3) is 0.500. The summed E-state index contributed by atoms with van der Waals surface area (Å²) in [6.45, 7) is 8.06. The van der Waals surface area contributed by atoms with Crippen molar-refractivity contribution in [3.8, 4) is 11.5 Å². The van der Waals surface area contributed by atoms with Crippen LogP contribution in [0.2, 0.25) is 0 Å². The van der Waals surface area contributed by atoms with E-state index in [0.717, 1.165) is 11.3 Å². The zero-order valence-electron chi connectivity index (χ0n) is 13.4. The normalized spacial score (nSPS) is 22.2. The number of benzene rings is 1. The van der Waals surface area contributed by atoms with Gasteiger partial charge in [-0.15, -0.1) is 0 Å². The highest BCUT2D eigenvalue weighted by Crippen LogP contribution is 2.39. The molecule has 0 aliphatic carbocycles. The highest BCUT2D eigenvalue weighted by Gasteiger charge is 2.52. The molecule has 0 amide bonds. The van der Waals surface area contributed by atoms with E-state index in [1.54, 1.807) is 0 Å². The Kier molecular flexibility index (Phi) is 3.71. The van der Waals surface area contributed by atoms with Gasteiger partial charge in [-0.05, 0) is 50.9 Å². The maximum absolute atomic E-state index is 9.70. The summed E-state index contributed by atoms with van der Waals surface area (Å²) in [7, 11) is -0.555. The SMILES string of the molecule is CC1(C)OB(C(=Cc2ccc3c(c2)OCO3)CO)OC1(C)C. The summed E-state index contributed by atoms with van der Waals surface area (Å²) < 4.78 is 22.6. The molecule has 1 fully saturated rings. The minimum Gasteiger partial charge on any atom is -0.454 e. The third-order valence-electron chi connectivity index (χ3n) is 4.49. The first-order valence-electron chi connectivity index (χ1n) is 7.39. The van der Waals surface area contributed by atoms with E-state index in [-0.39, 0.29) is 13.4 Å². The fourth-order valence-corrected chi connectivity index (χ4v) is 2.40. The summed E-state index contributed by atoms with van der Waals surface area (Å²) in [5, 5.41) is 9.70. The number of hydrogen-bond donors (Lipinski definition) is 1. The Hall–Kier alpha value is -1.50. The van der Waals surface area contributed by atoms with Crippen LogP contribution in [0.3, 0.4) is 0 Å². The summed E-state index contributed by atoms with van der Waals surface area (Å²) >= 11 is 0. The minimum absolute atomic E-state index is 0.134. The summed E-state index contributed by atoms with van der Waals surface area (Å²) in [4.78, 5) is 0. The van der Waals surface area contributed by atoms with E-state index in [1.807, 2.05) is 52.0 Å². The van der Waals surface area contributed by atoms with Crippen LogP contribution in [0.5, 0.6) is 11.5 Å². The van der Waals surface area contributed by atoms with Gasteiger partial charge in [-0.25, -0.2) is 0 Å². The topological polar surface area (TPSA) is 57.2 Å². The predicted molar refractivity (Wildman–Crippen MR) is 83.7 cm³/mol. The molecule has 0 spiro atoms. The van der Waals surface area contributed by atoms with Crippen LogP contribution in [-0.2, 0) is 9.31 Å². The van der Waals surface area contributed by atoms with E-state index in [9.17, 15) is 5.11 Å². The van der Waals surface area contributed by atoms with Crippen molar-refractivity contribution in [3.63, 3.8) is 0 Å². The molecule has 5 nitrogen and oxygen atoms in total. The standard InChI is InChI=1S/C16H21BO5/c1-15(2)16(3,4)22-17(21-15)12(9-18)7-11-5-6-13-14(8-11)20-10-19-13/h5-8,18H,9-10H2,1-4H3. The maximum atomic E-state index is 9.70. The predicted octanol–water partition coefficient (Wildman–Crippen LogP) is 2.42. The summed E-state index contributed by atoms with van der Waals surface area (Å²) in [5.41, 5.74) is 0.724. The first kappa shape index (κ1) is 15.4. The highest BCUT2D eigenvalue weighted by atomic mass is 16.7. The summed E-state index contributed by atoms with van der Waals surface area (Å²) in [5.74, 6) is 1.44. The van der Waals surface area contributed by atoms with Crippen molar-refractivity contribution < 1.29 is 23.9 Å². The van der Waals surface area contributed by atoms with Crippen LogP contribution in [0, 0.1) is 0 Å². The molecule has 1 aromatic rings. The molecule has 118 valence electrons. The Labute approximate surface area is 131 Å². The molecule has 1 N–H and O–H groups in total. The number of rotatable bonds is 3. The van der Waals surface area contributed by atoms with E-state index in [1.165, 1.54) is 0 Å². The summed E-state index contributed by atoms with van der Waals surface area (Å²) in [6.07, 6.45) is 1.87. The lowest BCUT2D eigenvalue weighted by Gasteiger charge is -2.32. The van der Waals surface area contributed by atoms with Crippen molar-refractivity contribution in [2.24, 2.45) is 0 Å². The van der Waals surface area contributed by atoms with Crippen LogP contribution in [0.4, 0.5) is 0 Å². The van der Waals surface area contributed by atoms with Crippen LogP contribution in [-0.4, -0.2) is 36.8 Å². The van der Waals surface area contributed by atoms with Gasteiger partial charge in [0.05, 0.1) is 17.8 Å². The van der Waals surface area contributed by atoms with Crippen LogP contribution >= 0.6 is 0 Å². The van der Waals surface area contributed by atoms with Crippen LogP contribution in [0.1, 0.15) is 33.3 Å². The molecule has 22 heavy (non-hydrogen) atoms. The Bertz CT molecular complexity index is 593. The zero-order chi connectivity index (χ0) is 16.0. The molecule has 3 rings (SSSR count). The first-order chi connectivity index (χ1) is 10.3. The monoisotopic (exact) mass is 304 g/mol. The van der Waals surface area contributed by atoms with E-state index >= 15 is 0 Å². The van der Waals surface area contributed by atoms with Gasteiger partial charge in [0.15, 0.2) is 11.5 Å². The van der Waals surface area contributed by atoms with Gasteiger partial charge < -0.3 is 23.9 Å². The minimum atomic E-state index is -0.555. The molecular weight excluding hydrogens is 283 g/mol. The number of ether oxygens (including phenoxy) is 2. The van der Waals surface area contributed by atoms with E-state index in [4.69, 9.17) is 18.8 Å². The Morgan fingerprint density at radius 1 is 1.14 bits per heavy atom.